The summed E-state index contributed by atoms with van der Waals surface area (Å²) in [6.45, 7) is 5.81. The van der Waals surface area contributed by atoms with Gasteiger partial charge in [-0.15, -0.1) is 0 Å². The van der Waals surface area contributed by atoms with Gasteiger partial charge >= 0.3 is 0 Å². The van der Waals surface area contributed by atoms with Crippen LogP contribution in [-0.2, 0) is 11.2 Å². The molecule has 1 aliphatic rings. The molecule has 1 fully saturated rings. The average molecular weight is 478 g/mol. The van der Waals surface area contributed by atoms with Crippen LogP contribution in [0.3, 0.4) is 0 Å². The van der Waals surface area contributed by atoms with E-state index in [4.69, 9.17) is 0 Å². The second-order valence-corrected chi connectivity index (χ2v) is 10.3. The van der Waals surface area contributed by atoms with Crippen LogP contribution in [0.4, 0.5) is 5.69 Å². The van der Waals surface area contributed by atoms with Gasteiger partial charge in [0, 0.05) is 41.4 Å². The number of carbonyl (C=O) groups is 2. The van der Waals surface area contributed by atoms with Crippen molar-refractivity contribution >= 4 is 41.0 Å². The van der Waals surface area contributed by atoms with E-state index in [9.17, 15) is 9.59 Å². The predicted molar refractivity (Wildman–Crippen MR) is 136 cm³/mol. The third kappa shape index (κ3) is 6.18. The number of pyridine rings is 1. The van der Waals surface area contributed by atoms with Gasteiger partial charge in [-0.05, 0) is 66.9 Å². The summed E-state index contributed by atoms with van der Waals surface area (Å²) in [6.07, 6.45) is 2.09. The number of amides is 2. The zero-order valence-corrected chi connectivity index (χ0v) is 20.5. The molecule has 2 amide bonds. The van der Waals surface area contributed by atoms with Crippen molar-refractivity contribution in [3.05, 3.63) is 83.0 Å². The highest BCUT2D eigenvalue weighted by atomic mass is 32.2. The Morgan fingerprint density at radius 3 is 2.52 bits per heavy atom. The lowest BCUT2D eigenvalue weighted by Crippen LogP contribution is -2.38. The van der Waals surface area contributed by atoms with Crippen molar-refractivity contribution in [1.82, 2.24) is 9.88 Å². The fourth-order valence-corrected chi connectivity index (χ4v) is 5.42. The molecule has 0 spiro atoms. The number of nitrogens with zero attached hydrogens (tertiary/aromatic N) is 2. The van der Waals surface area contributed by atoms with Crippen LogP contribution in [0.15, 0.2) is 70.7 Å². The predicted octanol–water partition coefficient (Wildman–Crippen LogP) is 5.22. The molecule has 0 unspecified atom stereocenters. The van der Waals surface area contributed by atoms with E-state index in [1.807, 2.05) is 47.0 Å². The first-order chi connectivity index (χ1) is 16.0. The standard InChI is InChI=1S/C26H27N3O2S2/c1-18-5-10-22(16-19(18)2)33-26-23(4-3-11-27-26)25(31)28-21-8-6-20(7-9-21)17-24(30)29-12-14-32-15-13-29/h3-11,16H,12-15,17H2,1-2H3,(H,28,31). The molecule has 0 radical (unpaired) electrons. The first kappa shape index (κ1) is 23.4. The number of benzene rings is 2. The normalized spacial score (nSPS) is 13.6. The zero-order chi connectivity index (χ0) is 23.2. The second-order valence-electron chi connectivity index (χ2n) is 8.03. The van der Waals surface area contributed by atoms with Crippen molar-refractivity contribution < 1.29 is 9.59 Å². The van der Waals surface area contributed by atoms with Gasteiger partial charge in [0.25, 0.3) is 5.91 Å². The minimum absolute atomic E-state index is 0.162. The third-order valence-electron chi connectivity index (χ3n) is 5.64. The van der Waals surface area contributed by atoms with Gasteiger partial charge in [-0.1, -0.05) is 30.0 Å². The third-order valence-corrected chi connectivity index (χ3v) is 7.59. The van der Waals surface area contributed by atoms with Gasteiger partial charge in [-0.3, -0.25) is 9.59 Å². The number of nitrogens with one attached hydrogen (secondary N) is 1. The van der Waals surface area contributed by atoms with Crippen molar-refractivity contribution in [2.75, 3.05) is 29.9 Å². The van der Waals surface area contributed by atoms with Crippen molar-refractivity contribution in [2.45, 2.75) is 30.2 Å². The number of carbonyl (C=O) groups excluding carboxylic acids is 2. The molecular weight excluding hydrogens is 450 g/mol. The molecule has 5 nitrogen and oxygen atoms in total. The summed E-state index contributed by atoms with van der Waals surface area (Å²) in [6, 6.07) is 17.3. The quantitative estimate of drug-likeness (QED) is 0.527. The molecule has 4 rings (SSSR count). The monoisotopic (exact) mass is 477 g/mol. The van der Waals surface area contributed by atoms with Gasteiger partial charge in [0.1, 0.15) is 5.03 Å². The minimum atomic E-state index is -0.205. The Bertz CT molecular complexity index is 1140. The molecule has 0 bridgehead atoms. The minimum Gasteiger partial charge on any atom is -0.341 e. The molecule has 0 aliphatic carbocycles. The van der Waals surface area contributed by atoms with Gasteiger partial charge in [-0.25, -0.2) is 4.98 Å². The van der Waals surface area contributed by atoms with E-state index < -0.39 is 0 Å². The average Bonchev–Trinajstić information content (AvgIpc) is 2.83. The largest absolute Gasteiger partial charge is 0.341 e. The van der Waals surface area contributed by atoms with Gasteiger partial charge < -0.3 is 10.2 Å². The molecule has 1 saturated heterocycles. The Morgan fingerprint density at radius 2 is 1.79 bits per heavy atom. The van der Waals surface area contributed by atoms with E-state index >= 15 is 0 Å². The maximum atomic E-state index is 13.0. The number of hydrogen-bond donors (Lipinski definition) is 1. The van der Waals surface area contributed by atoms with Crippen LogP contribution in [-0.4, -0.2) is 46.3 Å². The number of aryl methyl sites for hydroxylation is 2. The Morgan fingerprint density at radius 1 is 1.03 bits per heavy atom. The van der Waals surface area contributed by atoms with E-state index in [0.717, 1.165) is 35.1 Å². The number of rotatable bonds is 6. The van der Waals surface area contributed by atoms with Crippen molar-refractivity contribution in [3.63, 3.8) is 0 Å². The molecule has 1 N–H and O–H groups in total. The van der Waals surface area contributed by atoms with Gasteiger partial charge in [0.2, 0.25) is 5.91 Å². The molecule has 0 saturated carbocycles. The highest BCUT2D eigenvalue weighted by Gasteiger charge is 2.17. The Hall–Kier alpha value is -2.77. The summed E-state index contributed by atoms with van der Waals surface area (Å²) < 4.78 is 0. The lowest BCUT2D eigenvalue weighted by atomic mass is 10.1. The maximum absolute atomic E-state index is 13.0. The van der Waals surface area contributed by atoms with E-state index in [2.05, 4.69) is 36.3 Å². The molecule has 0 atom stereocenters. The topological polar surface area (TPSA) is 62.3 Å². The van der Waals surface area contributed by atoms with Crippen molar-refractivity contribution in [3.8, 4) is 0 Å². The van der Waals surface area contributed by atoms with Gasteiger partial charge in [0.05, 0.1) is 12.0 Å². The number of anilines is 1. The fraction of sp³-hybridized carbons (Fsp3) is 0.269. The first-order valence-corrected chi connectivity index (χ1v) is 12.9. The number of aromatic nitrogens is 1. The maximum Gasteiger partial charge on any atom is 0.258 e. The van der Waals surface area contributed by atoms with Crippen LogP contribution in [0.2, 0.25) is 0 Å². The molecule has 1 aromatic heterocycles. The lowest BCUT2D eigenvalue weighted by Gasteiger charge is -2.26. The molecule has 3 aromatic rings. The SMILES string of the molecule is Cc1ccc(Sc2ncccc2C(=O)Nc2ccc(CC(=O)N3CCSCC3)cc2)cc1C. The smallest absolute Gasteiger partial charge is 0.258 e. The van der Waals surface area contributed by atoms with Gasteiger partial charge in [0.15, 0.2) is 0 Å². The molecule has 7 heteroatoms. The van der Waals surface area contributed by atoms with Crippen LogP contribution in [0.5, 0.6) is 0 Å². The van der Waals surface area contributed by atoms with E-state index in [1.165, 1.54) is 22.9 Å². The molecule has 2 heterocycles. The first-order valence-electron chi connectivity index (χ1n) is 11.0. The Labute approximate surface area is 203 Å². The second kappa shape index (κ2) is 10.9. The van der Waals surface area contributed by atoms with Crippen LogP contribution < -0.4 is 5.32 Å². The molecular formula is C26H27N3O2S2. The summed E-state index contributed by atoms with van der Waals surface area (Å²) in [5.74, 6) is 1.98. The molecule has 2 aromatic carbocycles. The Balaban J connectivity index is 1.41. The Kier molecular flexibility index (Phi) is 7.73. The summed E-state index contributed by atoms with van der Waals surface area (Å²) >= 11 is 3.37. The van der Waals surface area contributed by atoms with Crippen molar-refractivity contribution in [2.24, 2.45) is 0 Å². The number of hydrogen-bond acceptors (Lipinski definition) is 5. The molecule has 170 valence electrons. The van der Waals surface area contributed by atoms with Crippen LogP contribution >= 0.6 is 23.5 Å². The summed E-state index contributed by atoms with van der Waals surface area (Å²) in [5, 5.41) is 3.63. The molecule has 1 aliphatic heterocycles. The van der Waals surface area contributed by atoms with E-state index in [0.29, 0.717) is 22.7 Å². The van der Waals surface area contributed by atoms with Crippen LogP contribution in [0, 0.1) is 13.8 Å². The van der Waals surface area contributed by atoms with Crippen LogP contribution in [0.25, 0.3) is 0 Å². The summed E-state index contributed by atoms with van der Waals surface area (Å²) in [5.41, 5.74) is 4.61. The summed E-state index contributed by atoms with van der Waals surface area (Å²) in [7, 11) is 0. The van der Waals surface area contributed by atoms with Gasteiger partial charge in [-0.2, -0.15) is 11.8 Å². The summed E-state index contributed by atoms with van der Waals surface area (Å²) in [4.78, 5) is 32.9. The van der Waals surface area contributed by atoms with E-state index in [1.54, 1.807) is 18.3 Å². The number of thioether (sulfide) groups is 1. The van der Waals surface area contributed by atoms with E-state index in [-0.39, 0.29) is 11.8 Å². The van der Waals surface area contributed by atoms with Crippen molar-refractivity contribution in [1.29, 1.82) is 0 Å². The lowest BCUT2D eigenvalue weighted by molar-refractivity contribution is -0.130. The highest BCUT2D eigenvalue weighted by Crippen LogP contribution is 2.30. The van der Waals surface area contributed by atoms with Crippen LogP contribution in [0.1, 0.15) is 27.0 Å². The zero-order valence-electron chi connectivity index (χ0n) is 18.8. The fourth-order valence-electron chi connectivity index (χ4n) is 3.54. The molecule has 33 heavy (non-hydrogen) atoms. The highest BCUT2D eigenvalue weighted by molar-refractivity contribution is 7.99.